The molecule has 0 aliphatic rings. The van der Waals surface area contributed by atoms with Crippen molar-refractivity contribution < 1.29 is 4.74 Å². The zero-order valence-electron chi connectivity index (χ0n) is 8.85. The third kappa shape index (κ3) is 3.52. The molecule has 0 aliphatic heterocycles. The third-order valence-corrected chi connectivity index (χ3v) is 2.27. The highest BCUT2D eigenvalue weighted by molar-refractivity contribution is 4.84. The maximum Gasteiger partial charge on any atom is 0.0788 e. The minimum Gasteiger partial charge on any atom is -0.377 e. The number of hydrazine groups is 1. The molecule has 3 nitrogen and oxygen atoms in total. The first-order valence-electron chi connectivity index (χ1n) is 4.45. The summed E-state index contributed by atoms with van der Waals surface area (Å²) >= 11 is 0. The molecule has 0 fully saturated rings. The van der Waals surface area contributed by atoms with E-state index in [1.807, 2.05) is 13.8 Å². The van der Waals surface area contributed by atoms with Gasteiger partial charge >= 0.3 is 0 Å². The Labute approximate surface area is 75.6 Å². The lowest BCUT2D eigenvalue weighted by Crippen LogP contribution is -2.51. The van der Waals surface area contributed by atoms with E-state index in [1.54, 1.807) is 7.11 Å². The summed E-state index contributed by atoms with van der Waals surface area (Å²) in [4.78, 5) is 0. The van der Waals surface area contributed by atoms with Gasteiger partial charge in [-0.3, -0.25) is 11.3 Å². The molecule has 0 rings (SSSR count). The Morgan fingerprint density at radius 2 is 1.92 bits per heavy atom. The average molecular weight is 174 g/mol. The van der Waals surface area contributed by atoms with Gasteiger partial charge in [0.2, 0.25) is 0 Å². The molecule has 1 atom stereocenters. The molecule has 3 heteroatoms. The number of rotatable bonds is 5. The fourth-order valence-corrected chi connectivity index (χ4v) is 1.17. The molecular formula is C9H22N2O. The van der Waals surface area contributed by atoms with E-state index in [4.69, 9.17) is 10.6 Å². The Hall–Kier alpha value is -0.120. The molecule has 12 heavy (non-hydrogen) atoms. The van der Waals surface area contributed by atoms with Crippen LogP contribution in [0.15, 0.2) is 0 Å². The molecule has 0 saturated heterocycles. The molecule has 0 saturated carbocycles. The molecule has 0 aromatic heterocycles. The van der Waals surface area contributed by atoms with Gasteiger partial charge in [-0.1, -0.05) is 13.8 Å². The van der Waals surface area contributed by atoms with E-state index in [1.165, 1.54) is 0 Å². The van der Waals surface area contributed by atoms with Crippen molar-refractivity contribution in [3.8, 4) is 0 Å². The van der Waals surface area contributed by atoms with Gasteiger partial charge in [0.25, 0.3) is 0 Å². The first kappa shape index (κ1) is 11.9. The van der Waals surface area contributed by atoms with E-state index in [9.17, 15) is 0 Å². The molecule has 0 aromatic carbocycles. The van der Waals surface area contributed by atoms with Crippen LogP contribution in [0.2, 0.25) is 0 Å². The number of hydrogen-bond acceptors (Lipinski definition) is 3. The first-order valence-corrected chi connectivity index (χ1v) is 4.45. The predicted octanol–water partition coefficient (Wildman–Crippen LogP) is 1.29. The summed E-state index contributed by atoms with van der Waals surface area (Å²) in [6.45, 7) is 8.44. The summed E-state index contributed by atoms with van der Waals surface area (Å²) in [6, 6.07) is 0.211. The van der Waals surface area contributed by atoms with Gasteiger partial charge in [-0.05, 0) is 26.2 Å². The highest BCUT2D eigenvalue weighted by atomic mass is 16.5. The van der Waals surface area contributed by atoms with Crippen LogP contribution in [0.3, 0.4) is 0 Å². The number of ether oxygens (including phenoxy) is 1. The second kappa shape index (κ2) is 4.80. The van der Waals surface area contributed by atoms with Gasteiger partial charge in [0.1, 0.15) is 0 Å². The molecule has 0 aromatic rings. The van der Waals surface area contributed by atoms with Gasteiger partial charge in [0.05, 0.1) is 5.60 Å². The van der Waals surface area contributed by atoms with E-state index < -0.39 is 0 Å². The second-order valence-corrected chi connectivity index (χ2v) is 4.16. The van der Waals surface area contributed by atoms with E-state index >= 15 is 0 Å². The molecule has 0 bridgehead atoms. The smallest absolute Gasteiger partial charge is 0.0788 e. The van der Waals surface area contributed by atoms with Gasteiger partial charge in [-0.25, -0.2) is 0 Å². The van der Waals surface area contributed by atoms with E-state index in [2.05, 4.69) is 19.3 Å². The van der Waals surface area contributed by atoms with Crippen molar-refractivity contribution in [2.75, 3.05) is 7.11 Å². The van der Waals surface area contributed by atoms with Gasteiger partial charge in [-0.2, -0.15) is 0 Å². The van der Waals surface area contributed by atoms with Crippen molar-refractivity contribution in [2.45, 2.75) is 45.8 Å². The van der Waals surface area contributed by atoms with E-state index in [0.29, 0.717) is 5.92 Å². The van der Waals surface area contributed by atoms with E-state index in [-0.39, 0.29) is 11.6 Å². The van der Waals surface area contributed by atoms with Crippen LogP contribution >= 0.6 is 0 Å². The van der Waals surface area contributed by atoms with Crippen molar-refractivity contribution in [3.63, 3.8) is 0 Å². The zero-order chi connectivity index (χ0) is 9.78. The molecule has 74 valence electrons. The van der Waals surface area contributed by atoms with Crippen LogP contribution in [0.25, 0.3) is 0 Å². The van der Waals surface area contributed by atoms with Crippen LogP contribution in [-0.4, -0.2) is 18.8 Å². The normalized spacial score (nSPS) is 15.2. The van der Waals surface area contributed by atoms with Gasteiger partial charge in [-0.15, -0.1) is 0 Å². The lowest BCUT2D eigenvalue weighted by Gasteiger charge is -2.33. The van der Waals surface area contributed by atoms with Crippen LogP contribution < -0.4 is 11.3 Å². The zero-order valence-corrected chi connectivity index (χ0v) is 8.85. The summed E-state index contributed by atoms with van der Waals surface area (Å²) in [6.07, 6.45) is 1.03. The topological polar surface area (TPSA) is 47.3 Å². The molecule has 3 N–H and O–H groups in total. The van der Waals surface area contributed by atoms with Gasteiger partial charge < -0.3 is 4.74 Å². The Kier molecular flexibility index (Phi) is 4.75. The SMILES string of the molecule is COC(C)(C)C(CC(C)C)NN. The maximum absolute atomic E-state index is 5.45. The summed E-state index contributed by atoms with van der Waals surface area (Å²) < 4.78 is 5.35. The summed E-state index contributed by atoms with van der Waals surface area (Å²) in [5.41, 5.74) is 2.60. The maximum atomic E-state index is 5.45. The monoisotopic (exact) mass is 174 g/mol. The lowest BCUT2D eigenvalue weighted by atomic mass is 9.91. The molecular weight excluding hydrogens is 152 g/mol. The lowest BCUT2D eigenvalue weighted by molar-refractivity contribution is -0.0157. The minimum absolute atomic E-state index is 0.195. The highest BCUT2D eigenvalue weighted by Gasteiger charge is 2.28. The van der Waals surface area contributed by atoms with Crippen molar-refractivity contribution in [3.05, 3.63) is 0 Å². The van der Waals surface area contributed by atoms with Crippen molar-refractivity contribution in [1.29, 1.82) is 0 Å². The second-order valence-electron chi connectivity index (χ2n) is 4.16. The van der Waals surface area contributed by atoms with Crippen molar-refractivity contribution in [1.82, 2.24) is 5.43 Å². The van der Waals surface area contributed by atoms with Crippen LogP contribution in [-0.2, 0) is 4.74 Å². The Morgan fingerprint density at radius 1 is 1.42 bits per heavy atom. The number of nitrogens with one attached hydrogen (secondary N) is 1. The quantitative estimate of drug-likeness (QED) is 0.487. The van der Waals surface area contributed by atoms with Crippen LogP contribution in [0.4, 0.5) is 0 Å². The molecule has 0 aliphatic carbocycles. The molecule has 0 spiro atoms. The number of nitrogens with two attached hydrogens (primary N) is 1. The van der Waals surface area contributed by atoms with E-state index in [0.717, 1.165) is 6.42 Å². The van der Waals surface area contributed by atoms with Crippen molar-refractivity contribution >= 4 is 0 Å². The average Bonchev–Trinajstić information content (AvgIpc) is 1.99. The Bertz CT molecular complexity index is 124. The largest absolute Gasteiger partial charge is 0.377 e. The summed E-state index contributed by atoms with van der Waals surface area (Å²) in [5.74, 6) is 6.08. The Balaban J connectivity index is 4.13. The predicted molar refractivity (Wildman–Crippen MR) is 51.7 cm³/mol. The summed E-state index contributed by atoms with van der Waals surface area (Å²) in [7, 11) is 1.71. The standard InChI is InChI=1S/C9H22N2O/c1-7(2)6-8(11-10)9(3,4)12-5/h7-8,11H,6,10H2,1-5H3. The fraction of sp³-hybridized carbons (Fsp3) is 1.00. The molecule has 0 radical (unpaired) electrons. The van der Waals surface area contributed by atoms with Gasteiger partial charge in [0, 0.05) is 13.2 Å². The summed E-state index contributed by atoms with van der Waals surface area (Å²) in [5, 5.41) is 0. The van der Waals surface area contributed by atoms with Crippen molar-refractivity contribution in [2.24, 2.45) is 11.8 Å². The Morgan fingerprint density at radius 3 is 2.17 bits per heavy atom. The third-order valence-electron chi connectivity index (χ3n) is 2.27. The molecule has 0 heterocycles. The molecule has 0 amide bonds. The number of methoxy groups -OCH3 is 1. The highest BCUT2D eigenvalue weighted by Crippen LogP contribution is 2.19. The molecule has 1 unspecified atom stereocenters. The first-order chi connectivity index (χ1) is 5.44. The number of hydrogen-bond donors (Lipinski definition) is 2. The minimum atomic E-state index is -0.195. The van der Waals surface area contributed by atoms with Crippen LogP contribution in [0, 0.1) is 5.92 Å². The van der Waals surface area contributed by atoms with Crippen LogP contribution in [0.1, 0.15) is 34.1 Å². The fourth-order valence-electron chi connectivity index (χ4n) is 1.17. The van der Waals surface area contributed by atoms with Gasteiger partial charge in [0.15, 0.2) is 0 Å². The van der Waals surface area contributed by atoms with Crippen LogP contribution in [0.5, 0.6) is 0 Å².